The molecule has 0 radical (unpaired) electrons. The van der Waals surface area contributed by atoms with Crippen molar-refractivity contribution in [2.45, 2.75) is 19.4 Å². The summed E-state index contributed by atoms with van der Waals surface area (Å²) in [7, 11) is 0. The Bertz CT molecular complexity index is 321. The predicted octanol–water partition coefficient (Wildman–Crippen LogP) is 0.574. The van der Waals surface area contributed by atoms with Gasteiger partial charge >= 0.3 is 0 Å². The van der Waals surface area contributed by atoms with Crippen molar-refractivity contribution in [3.05, 3.63) is 5.82 Å². The molecule has 2 rings (SSSR count). The zero-order chi connectivity index (χ0) is 9.26. The third-order valence-electron chi connectivity index (χ3n) is 1.75. The molecule has 1 aliphatic heterocycles. The fraction of sp³-hybridized carbons (Fsp3) is 0.571. The molecule has 1 amide bonds. The summed E-state index contributed by atoms with van der Waals surface area (Å²) in [6, 6.07) is 0. The van der Waals surface area contributed by atoms with E-state index in [9.17, 15) is 4.79 Å². The number of aromatic nitrogens is 2. The topological polar surface area (TPSA) is 64.1 Å². The normalized spacial score (nSPS) is 20.8. The van der Waals surface area contributed by atoms with E-state index in [2.05, 4.69) is 14.7 Å². The van der Waals surface area contributed by atoms with Gasteiger partial charge in [0, 0.05) is 18.0 Å². The molecule has 0 aromatic carbocycles. The highest BCUT2D eigenvalue weighted by atomic mass is 32.1. The summed E-state index contributed by atoms with van der Waals surface area (Å²) in [5, 5.41) is 3.19. The number of carbonyl (C=O) groups excluding carboxylic acids is 1. The summed E-state index contributed by atoms with van der Waals surface area (Å²) in [6.07, 6.45) is 0.507. The van der Waals surface area contributed by atoms with Crippen molar-refractivity contribution in [1.82, 2.24) is 9.36 Å². The molecule has 1 N–H and O–H groups in total. The number of nitrogens with one attached hydrogen (secondary N) is 1. The fourth-order valence-electron chi connectivity index (χ4n) is 0.976. The smallest absolute Gasteiger partial charge is 0.255 e. The highest BCUT2D eigenvalue weighted by Gasteiger charge is 2.26. The van der Waals surface area contributed by atoms with E-state index in [-0.39, 0.29) is 12.0 Å². The van der Waals surface area contributed by atoms with Crippen LogP contribution in [0.25, 0.3) is 0 Å². The SMILES string of the molecule is Cc1nsc(NC(=O)C2CCO2)n1. The second kappa shape index (κ2) is 3.39. The molecule has 6 heteroatoms. The molecule has 1 aromatic heterocycles. The number of anilines is 1. The summed E-state index contributed by atoms with van der Waals surface area (Å²) in [4.78, 5) is 15.3. The van der Waals surface area contributed by atoms with Crippen molar-refractivity contribution in [2.75, 3.05) is 11.9 Å². The Morgan fingerprint density at radius 1 is 1.77 bits per heavy atom. The monoisotopic (exact) mass is 199 g/mol. The van der Waals surface area contributed by atoms with Crippen LogP contribution in [-0.4, -0.2) is 28.0 Å². The third-order valence-corrected chi connectivity index (χ3v) is 2.47. The van der Waals surface area contributed by atoms with Crippen LogP contribution in [0.3, 0.4) is 0 Å². The summed E-state index contributed by atoms with van der Waals surface area (Å²) >= 11 is 1.18. The van der Waals surface area contributed by atoms with Crippen LogP contribution < -0.4 is 5.32 Å². The number of aryl methyl sites for hydroxylation is 1. The molecule has 1 atom stereocenters. The molecule has 1 unspecified atom stereocenters. The first-order valence-electron chi connectivity index (χ1n) is 3.98. The van der Waals surface area contributed by atoms with Gasteiger partial charge in [-0.1, -0.05) is 0 Å². The van der Waals surface area contributed by atoms with Gasteiger partial charge in [0.1, 0.15) is 11.9 Å². The molecule has 1 fully saturated rings. The van der Waals surface area contributed by atoms with Crippen molar-refractivity contribution in [2.24, 2.45) is 0 Å². The van der Waals surface area contributed by atoms with E-state index < -0.39 is 0 Å². The standard InChI is InChI=1S/C7H9N3O2S/c1-4-8-7(13-10-4)9-6(11)5-2-3-12-5/h5H,2-3H2,1H3,(H,8,9,10,11). The Balaban J connectivity index is 1.93. The van der Waals surface area contributed by atoms with E-state index in [0.717, 1.165) is 6.42 Å². The lowest BCUT2D eigenvalue weighted by Gasteiger charge is -2.24. The Morgan fingerprint density at radius 3 is 3.00 bits per heavy atom. The van der Waals surface area contributed by atoms with E-state index in [1.807, 2.05) is 0 Å². The molecule has 5 nitrogen and oxygen atoms in total. The van der Waals surface area contributed by atoms with Crippen molar-refractivity contribution in [1.29, 1.82) is 0 Å². The minimum absolute atomic E-state index is 0.123. The van der Waals surface area contributed by atoms with E-state index in [0.29, 0.717) is 17.6 Å². The number of hydrogen-bond acceptors (Lipinski definition) is 5. The number of hydrogen-bond donors (Lipinski definition) is 1. The van der Waals surface area contributed by atoms with Gasteiger partial charge in [0.2, 0.25) is 5.13 Å². The quantitative estimate of drug-likeness (QED) is 0.756. The molecular formula is C7H9N3O2S. The Morgan fingerprint density at radius 2 is 2.54 bits per heavy atom. The van der Waals surface area contributed by atoms with Crippen molar-refractivity contribution in [3.63, 3.8) is 0 Å². The number of carbonyl (C=O) groups is 1. The average molecular weight is 199 g/mol. The van der Waals surface area contributed by atoms with Crippen LogP contribution in [0.15, 0.2) is 0 Å². The van der Waals surface area contributed by atoms with Crippen LogP contribution in [0, 0.1) is 6.92 Å². The van der Waals surface area contributed by atoms with E-state index in [4.69, 9.17) is 4.74 Å². The Kier molecular flexibility index (Phi) is 2.24. The summed E-state index contributed by atoms with van der Waals surface area (Å²) in [6.45, 7) is 2.46. The molecule has 1 saturated heterocycles. The van der Waals surface area contributed by atoms with Gasteiger partial charge in [-0.05, 0) is 6.92 Å². The van der Waals surface area contributed by atoms with Gasteiger partial charge < -0.3 is 4.74 Å². The van der Waals surface area contributed by atoms with Crippen LogP contribution >= 0.6 is 11.5 Å². The first kappa shape index (κ1) is 8.58. The van der Waals surface area contributed by atoms with Gasteiger partial charge in [0.15, 0.2) is 0 Å². The van der Waals surface area contributed by atoms with Crippen molar-refractivity contribution < 1.29 is 9.53 Å². The molecule has 13 heavy (non-hydrogen) atoms. The number of amides is 1. The first-order valence-corrected chi connectivity index (χ1v) is 4.76. The second-order valence-corrected chi connectivity index (χ2v) is 3.54. The maximum absolute atomic E-state index is 11.3. The van der Waals surface area contributed by atoms with Crippen LogP contribution in [0.1, 0.15) is 12.2 Å². The molecule has 70 valence electrons. The van der Waals surface area contributed by atoms with Gasteiger partial charge in [0.05, 0.1) is 6.61 Å². The molecule has 0 saturated carbocycles. The molecule has 0 spiro atoms. The summed E-state index contributed by atoms with van der Waals surface area (Å²) < 4.78 is 8.96. The Hall–Kier alpha value is -1.01. The lowest BCUT2D eigenvalue weighted by atomic mass is 10.2. The van der Waals surface area contributed by atoms with Gasteiger partial charge in [0.25, 0.3) is 5.91 Å². The highest BCUT2D eigenvalue weighted by Crippen LogP contribution is 2.15. The van der Waals surface area contributed by atoms with E-state index in [1.165, 1.54) is 11.5 Å². The first-order chi connectivity index (χ1) is 6.25. The minimum atomic E-state index is -0.288. The molecule has 2 heterocycles. The molecule has 1 aliphatic rings. The molecule has 0 aliphatic carbocycles. The number of ether oxygens (including phenoxy) is 1. The molecular weight excluding hydrogens is 190 g/mol. The van der Waals surface area contributed by atoms with Crippen molar-refractivity contribution in [3.8, 4) is 0 Å². The highest BCUT2D eigenvalue weighted by molar-refractivity contribution is 7.09. The largest absolute Gasteiger partial charge is 0.368 e. The Labute approximate surface area is 79.3 Å². The van der Waals surface area contributed by atoms with Crippen LogP contribution in [0.4, 0.5) is 5.13 Å². The van der Waals surface area contributed by atoms with E-state index >= 15 is 0 Å². The average Bonchev–Trinajstić information content (AvgIpc) is 2.31. The lowest BCUT2D eigenvalue weighted by molar-refractivity contribution is -0.139. The predicted molar refractivity (Wildman–Crippen MR) is 47.6 cm³/mol. The van der Waals surface area contributed by atoms with Gasteiger partial charge in [-0.25, -0.2) is 4.98 Å². The van der Waals surface area contributed by atoms with Crippen LogP contribution in [-0.2, 0) is 9.53 Å². The van der Waals surface area contributed by atoms with Gasteiger partial charge in [-0.3, -0.25) is 10.1 Å². The van der Waals surface area contributed by atoms with Crippen LogP contribution in [0.5, 0.6) is 0 Å². The summed E-state index contributed by atoms with van der Waals surface area (Å²) in [5.41, 5.74) is 0. The third kappa shape index (κ3) is 1.84. The van der Waals surface area contributed by atoms with Crippen molar-refractivity contribution >= 4 is 22.6 Å². The number of nitrogens with zero attached hydrogens (tertiary/aromatic N) is 2. The zero-order valence-corrected chi connectivity index (χ0v) is 7.93. The maximum Gasteiger partial charge on any atom is 0.255 e. The molecule has 1 aromatic rings. The van der Waals surface area contributed by atoms with Crippen LogP contribution in [0.2, 0.25) is 0 Å². The molecule has 0 bridgehead atoms. The minimum Gasteiger partial charge on any atom is -0.368 e. The lowest BCUT2D eigenvalue weighted by Crippen LogP contribution is -2.38. The second-order valence-electron chi connectivity index (χ2n) is 2.78. The van der Waals surface area contributed by atoms with Gasteiger partial charge in [-0.15, -0.1) is 0 Å². The maximum atomic E-state index is 11.3. The fourth-order valence-corrected chi connectivity index (χ4v) is 1.55. The summed E-state index contributed by atoms with van der Waals surface area (Å²) in [5.74, 6) is 0.553. The van der Waals surface area contributed by atoms with Gasteiger partial charge in [-0.2, -0.15) is 4.37 Å². The van der Waals surface area contributed by atoms with E-state index in [1.54, 1.807) is 6.92 Å². The number of rotatable bonds is 2. The zero-order valence-electron chi connectivity index (χ0n) is 7.11.